The van der Waals surface area contributed by atoms with Gasteiger partial charge in [0.2, 0.25) is 0 Å². The lowest BCUT2D eigenvalue weighted by Crippen LogP contribution is -2.18. The van der Waals surface area contributed by atoms with Gasteiger partial charge in [0.05, 0.1) is 11.7 Å². The van der Waals surface area contributed by atoms with E-state index >= 15 is 0 Å². The third kappa shape index (κ3) is 3.69. The van der Waals surface area contributed by atoms with Crippen LogP contribution in [0.15, 0.2) is 18.3 Å². The van der Waals surface area contributed by atoms with E-state index in [4.69, 9.17) is 0 Å². The largest absolute Gasteiger partial charge is 0.417 e. The molecule has 0 aliphatic carbocycles. The second-order valence-corrected chi connectivity index (χ2v) is 3.37. The van der Waals surface area contributed by atoms with E-state index in [-0.39, 0.29) is 6.54 Å². The molecule has 0 amide bonds. The maximum absolute atomic E-state index is 12.2. The molecule has 0 bridgehead atoms. The zero-order valence-electron chi connectivity index (χ0n) is 8.75. The molecule has 0 radical (unpaired) electrons. The van der Waals surface area contributed by atoms with Crippen LogP contribution in [0.5, 0.6) is 0 Å². The van der Waals surface area contributed by atoms with Crippen molar-refractivity contribution >= 4 is 5.82 Å². The van der Waals surface area contributed by atoms with Gasteiger partial charge in [0, 0.05) is 12.7 Å². The summed E-state index contributed by atoms with van der Waals surface area (Å²) in [4.78, 5) is 3.61. The number of halogens is 3. The van der Waals surface area contributed by atoms with Gasteiger partial charge in [-0.2, -0.15) is 13.2 Å². The molecule has 6 heteroatoms. The lowest BCUT2D eigenvalue weighted by molar-refractivity contribution is -0.137. The Morgan fingerprint density at radius 2 is 2.12 bits per heavy atom. The van der Waals surface area contributed by atoms with Crippen LogP contribution in [0.4, 0.5) is 19.0 Å². The van der Waals surface area contributed by atoms with Crippen molar-refractivity contribution in [3.8, 4) is 0 Å². The van der Waals surface area contributed by atoms with Crippen molar-refractivity contribution in [3.05, 3.63) is 23.9 Å². The van der Waals surface area contributed by atoms with E-state index in [2.05, 4.69) is 10.3 Å². The zero-order valence-corrected chi connectivity index (χ0v) is 8.75. The van der Waals surface area contributed by atoms with E-state index in [1.807, 2.05) is 6.92 Å². The van der Waals surface area contributed by atoms with Gasteiger partial charge in [-0.3, -0.25) is 0 Å². The Bertz CT molecular complexity index is 324. The summed E-state index contributed by atoms with van der Waals surface area (Å²) in [6.07, 6.45) is -3.55. The van der Waals surface area contributed by atoms with E-state index < -0.39 is 17.8 Å². The molecule has 1 heterocycles. The number of aromatic nitrogens is 1. The Morgan fingerprint density at radius 3 is 2.56 bits per heavy atom. The fraction of sp³-hybridized carbons (Fsp3) is 0.500. The molecule has 1 unspecified atom stereocenters. The Kier molecular flexibility index (Phi) is 4.12. The molecular weight excluding hydrogens is 221 g/mol. The maximum Gasteiger partial charge on any atom is 0.417 e. The topological polar surface area (TPSA) is 45.1 Å². The molecule has 0 aliphatic heterocycles. The summed E-state index contributed by atoms with van der Waals surface area (Å²) in [6.45, 7) is 2.08. The van der Waals surface area contributed by atoms with Gasteiger partial charge in [0.1, 0.15) is 5.82 Å². The number of hydrogen-bond acceptors (Lipinski definition) is 3. The number of nitrogens with zero attached hydrogens (tertiary/aromatic N) is 1. The van der Waals surface area contributed by atoms with Crippen LogP contribution in [0.1, 0.15) is 18.9 Å². The summed E-state index contributed by atoms with van der Waals surface area (Å²) < 4.78 is 36.6. The highest BCUT2D eigenvalue weighted by Crippen LogP contribution is 2.28. The van der Waals surface area contributed by atoms with Crippen LogP contribution in [0, 0.1) is 0 Å². The molecule has 0 saturated heterocycles. The summed E-state index contributed by atoms with van der Waals surface area (Å²) in [7, 11) is 0. The van der Waals surface area contributed by atoms with Gasteiger partial charge < -0.3 is 10.4 Å². The van der Waals surface area contributed by atoms with Gasteiger partial charge in [-0.25, -0.2) is 4.98 Å². The van der Waals surface area contributed by atoms with Gasteiger partial charge in [-0.1, -0.05) is 6.92 Å². The van der Waals surface area contributed by atoms with Gasteiger partial charge in [-0.15, -0.1) is 0 Å². The lowest BCUT2D eigenvalue weighted by atomic mass is 10.2. The average molecular weight is 234 g/mol. The van der Waals surface area contributed by atoms with Gasteiger partial charge in [-0.05, 0) is 18.6 Å². The van der Waals surface area contributed by atoms with E-state index in [1.54, 1.807) is 0 Å². The molecule has 1 atom stereocenters. The minimum Gasteiger partial charge on any atom is -0.391 e. The van der Waals surface area contributed by atoms with Gasteiger partial charge in [0.25, 0.3) is 0 Å². The Labute approximate surface area is 91.3 Å². The molecule has 0 saturated carbocycles. The van der Waals surface area contributed by atoms with Crippen LogP contribution in [0.2, 0.25) is 0 Å². The number of anilines is 1. The standard InChI is InChI=1S/C10H13F3N2O/c1-2-8(16)6-15-9-4-3-7(5-14-9)10(11,12)13/h3-5,8,16H,2,6H2,1H3,(H,14,15). The van der Waals surface area contributed by atoms with Crippen LogP contribution in [0.25, 0.3) is 0 Å². The molecule has 3 nitrogen and oxygen atoms in total. The number of alkyl halides is 3. The van der Waals surface area contributed by atoms with Crippen LogP contribution < -0.4 is 5.32 Å². The second kappa shape index (κ2) is 5.16. The lowest BCUT2D eigenvalue weighted by Gasteiger charge is -2.11. The van der Waals surface area contributed by atoms with E-state index in [9.17, 15) is 18.3 Å². The molecule has 0 spiro atoms. The minimum absolute atomic E-state index is 0.273. The predicted octanol–water partition coefficient (Wildman–Crippen LogP) is 2.28. The number of pyridine rings is 1. The Balaban J connectivity index is 2.58. The predicted molar refractivity (Wildman–Crippen MR) is 54.0 cm³/mol. The number of hydrogen-bond donors (Lipinski definition) is 2. The van der Waals surface area contributed by atoms with Crippen molar-refractivity contribution in [1.29, 1.82) is 0 Å². The van der Waals surface area contributed by atoms with Crippen molar-refractivity contribution < 1.29 is 18.3 Å². The number of aliphatic hydroxyl groups is 1. The van der Waals surface area contributed by atoms with Crippen LogP contribution >= 0.6 is 0 Å². The molecule has 0 aliphatic rings. The molecule has 0 fully saturated rings. The highest BCUT2D eigenvalue weighted by molar-refractivity contribution is 5.36. The number of aliphatic hydroxyl groups excluding tert-OH is 1. The van der Waals surface area contributed by atoms with Crippen molar-refractivity contribution in [2.24, 2.45) is 0 Å². The number of nitrogens with one attached hydrogen (secondary N) is 1. The summed E-state index contributed by atoms with van der Waals surface area (Å²) in [5.41, 5.74) is -0.783. The molecule has 1 aromatic heterocycles. The molecule has 1 rings (SSSR count). The van der Waals surface area contributed by atoms with E-state index in [0.29, 0.717) is 12.2 Å². The first kappa shape index (κ1) is 12.8. The van der Waals surface area contributed by atoms with Crippen molar-refractivity contribution in [2.75, 3.05) is 11.9 Å². The molecule has 90 valence electrons. The fourth-order valence-electron chi connectivity index (χ4n) is 1.03. The van der Waals surface area contributed by atoms with E-state index in [0.717, 1.165) is 12.3 Å². The fourth-order valence-corrected chi connectivity index (χ4v) is 1.03. The van der Waals surface area contributed by atoms with Crippen molar-refractivity contribution in [2.45, 2.75) is 25.6 Å². The quantitative estimate of drug-likeness (QED) is 0.840. The normalized spacial score (nSPS) is 13.6. The van der Waals surface area contributed by atoms with Crippen LogP contribution in [-0.2, 0) is 6.18 Å². The minimum atomic E-state index is -4.37. The van der Waals surface area contributed by atoms with E-state index in [1.165, 1.54) is 6.07 Å². The highest BCUT2D eigenvalue weighted by Gasteiger charge is 2.30. The van der Waals surface area contributed by atoms with Gasteiger partial charge >= 0.3 is 6.18 Å². The molecule has 1 aromatic rings. The third-order valence-corrected chi connectivity index (χ3v) is 2.08. The monoisotopic (exact) mass is 234 g/mol. The average Bonchev–Trinajstić information content (AvgIpc) is 2.25. The molecule has 0 aromatic carbocycles. The SMILES string of the molecule is CCC(O)CNc1ccc(C(F)(F)F)cn1. The maximum atomic E-state index is 12.2. The first-order valence-electron chi connectivity index (χ1n) is 4.88. The second-order valence-electron chi connectivity index (χ2n) is 3.37. The van der Waals surface area contributed by atoms with Crippen LogP contribution in [0.3, 0.4) is 0 Å². The van der Waals surface area contributed by atoms with Crippen LogP contribution in [-0.4, -0.2) is 22.7 Å². The summed E-state index contributed by atoms with van der Waals surface area (Å²) in [6, 6.07) is 2.19. The number of rotatable bonds is 4. The molecule has 2 N–H and O–H groups in total. The Morgan fingerprint density at radius 1 is 1.44 bits per heavy atom. The first-order valence-corrected chi connectivity index (χ1v) is 4.88. The smallest absolute Gasteiger partial charge is 0.391 e. The van der Waals surface area contributed by atoms with Crippen molar-refractivity contribution in [1.82, 2.24) is 4.98 Å². The van der Waals surface area contributed by atoms with Gasteiger partial charge in [0.15, 0.2) is 0 Å². The molecular formula is C10H13F3N2O. The summed E-state index contributed by atoms with van der Waals surface area (Å²) >= 11 is 0. The molecule has 16 heavy (non-hydrogen) atoms. The Hall–Kier alpha value is -1.30. The first-order chi connectivity index (χ1) is 7.43. The third-order valence-electron chi connectivity index (χ3n) is 2.08. The zero-order chi connectivity index (χ0) is 12.2. The summed E-state index contributed by atoms with van der Waals surface area (Å²) in [5, 5.41) is 12.0. The highest BCUT2D eigenvalue weighted by atomic mass is 19.4. The summed E-state index contributed by atoms with van der Waals surface area (Å²) in [5.74, 6) is 0.320. The van der Waals surface area contributed by atoms with Crippen molar-refractivity contribution in [3.63, 3.8) is 0 Å².